The van der Waals surface area contributed by atoms with Gasteiger partial charge in [0.2, 0.25) is 0 Å². The first-order chi connectivity index (χ1) is 13.5. The third kappa shape index (κ3) is 6.94. The SMILES string of the molecule is CN=C(NCC1(N2CCCCC2)CCN(C)CC1)NC1CCN(C(C)C)CC1.I. The molecule has 0 aromatic heterocycles. The number of guanidine groups is 1. The van der Waals surface area contributed by atoms with Gasteiger partial charge in [0.25, 0.3) is 0 Å². The number of nitrogens with one attached hydrogen (secondary N) is 2. The number of piperidine rings is 3. The Hall–Kier alpha value is -0.120. The van der Waals surface area contributed by atoms with Crippen LogP contribution in [-0.2, 0) is 0 Å². The van der Waals surface area contributed by atoms with E-state index in [1.165, 1.54) is 84.2 Å². The van der Waals surface area contributed by atoms with Gasteiger partial charge in [0, 0.05) is 44.3 Å². The van der Waals surface area contributed by atoms with Crippen LogP contribution in [-0.4, -0.2) is 98.2 Å². The summed E-state index contributed by atoms with van der Waals surface area (Å²) in [6.45, 7) is 13.0. The van der Waals surface area contributed by atoms with Crippen molar-refractivity contribution >= 4 is 29.9 Å². The van der Waals surface area contributed by atoms with Gasteiger partial charge < -0.3 is 20.4 Å². The van der Waals surface area contributed by atoms with Crippen LogP contribution >= 0.6 is 24.0 Å². The van der Waals surface area contributed by atoms with Gasteiger partial charge in [-0.1, -0.05) is 6.42 Å². The molecule has 170 valence electrons. The zero-order valence-corrected chi connectivity index (χ0v) is 21.6. The maximum absolute atomic E-state index is 4.56. The Morgan fingerprint density at radius 3 is 2.17 bits per heavy atom. The summed E-state index contributed by atoms with van der Waals surface area (Å²) in [6, 6.07) is 1.21. The third-order valence-electron chi connectivity index (χ3n) is 7.35. The van der Waals surface area contributed by atoms with Gasteiger partial charge in [-0.15, -0.1) is 24.0 Å². The predicted octanol–water partition coefficient (Wildman–Crippen LogP) is 2.59. The fraction of sp³-hybridized carbons (Fsp3) is 0.955. The molecule has 0 aliphatic carbocycles. The third-order valence-corrected chi connectivity index (χ3v) is 7.35. The topological polar surface area (TPSA) is 46.1 Å². The van der Waals surface area contributed by atoms with Crippen LogP contribution in [0.5, 0.6) is 0 Å². The van der Waals surface area contributed by atoms with Gasteiger partial charge >= 0.3 is 0 Å². The van der Waals surface area contributed by atoms with Crippen LogP contribution in [0.4, 0.5) is 0 Å². The first-order valence-corrected chi connectivity index (χ1v) is 11.7. The summed E-state index contributed by atoms with van der Waals surface area (Å²) in [5.41, 5.74) is 0.297. The molecule has 0 unspecified atom stereocenters. The molecule has 3 rings (SSSR count). The van der Waals surface area contributed by atoms with Crippen molar-refractivity contribution in [2.75, 3.05) is 59.9 Å². The van der Waals surface area contributed by atoms with Crippen molar-refractivity contribution in [3.63, 3.8) is 0 Å². The molecule has 0 aromatic carbocycles. The molecule has 0 bridgehead atoms. The first-order valence-electron chi connectivity index (χ1n) is 11.7. The van der Waals surface area contributed by atoms with Gasteiger partial charge in [0.15, 0.2) is 5.96 Å². The fourth-order valence-corrected chi connectivity index (χ4v) is 5.20. The van der Waals surface area contributed by atoms with Crippen LogP contribution < -0.4 is 10.6 Å². The maximum Gasteiger partial charge on any atom is 0.191 e. The molecule has 0 atom stereocenters. The molecule has 3 heterocycles. The summed E-state index contributed by atoms with van der Waals surface area (Å²) in [4.78, 5) is 12.4. The van der Waals surface area contributed by atoms with E-state index in [9.17, 15) is 0 Å². The Bertz CT molecular complexity index is 490. The number of hydrogen-bond acceptors (Lipinski definition) is 4. The summed E-state index contributed by atoms with van der Waals surface area (Å²) in [5, 5.41) is 7.46. The average Bonchev–Trinajstić information content (AvgIpc) is 2.73. The zero-order valence-electron chi connectivity index (χ0n) is 19.3. The van der Waals surface area contributed by atoms with E-state index < -0.39 is 0 Å². The van der Waals surface area contributed by atoms with Crippen molar-refractivity contribution < 1.29 is 0 Å². The lowest BCUT2D eigenvalue weighted by Gasteiger charge is -2.50. The van der Waals surface area contributed by atoms with Gasteiger partial charge in [-0.05, 0) is 85.6 Å². The highest BCUT2D eigenvalue weighted by Crippen LogP contribution is 2.30. The zero-order chi connectivity index (χ0) is 20.0. The van der Waals surface area contributed by atoms with E-state index in [2.05, 4.69) is 51.2 Å². The minimum absolute atomic E-state index is 0. The largest absolute Gasteiger partial charge is 0.355 e. The molecule has 0 amide bonds. The molecular formula is C22H45IN6. The molecule has 0 radical (unpaired) electrons. The van der Waals surface area contributed by atoms with E-state index in [0.29, 0.717) is 17.6 Å². The quantitative estimate of drug-likeness (QED) is 0.332. The maximum atomic E-state index is 4.56. The number of hydrogen-bond donors (Lipinski definition) is 2. The van der Waals surface area contributed by atoms with Gasteiger partial charge in [0.05, 0.1) is 0 Å². The standard InChI is InChI=1S/C22H44N6.HI/c1-19(2)27-14-8-20(9-15-27)25-21(23-3)24-18-22(10-16-26(4)17-11-22)28-12-6-5-7-13-28;/h19-20H,5-18H2,1-4H3,(H2,23,24,25);1H. The molecule has 0 saturated carbocycles. The summed E-state index contributed by atoms with van der Waals surface area (Å²) < 4.78 is 0. The van der Waals surface area contributed by atoms with Crippen LogP contribution in [0.1, 0.15) is 58.8 Å². The second-order valence-electron chi connectivity index (χ2n) is 9.55. The van der Waals surface area contributed by atoms with Crippen LogP contribution in [0.15, 0.2) is 4.99 Å². The van der Waals surface area contributed by atoms with E-state index >= 15 is 0 Å². The van der Waals surface area contributed by atoms with Gasteiger partial charge in [0.1, 0.15) is 0 Å². The van der Waals surface area contributed by atoms with Crippen molar-refractivity contribution in [3.8, 4) is 0 Å². The van der Waals surface area contributed by atoms with Crippen LogP contribution in [0, 0.1) is 0 Å². The van der Waals surface area contributed by atoms with Crippen molar-refractivity contribution in [2.24, 2.45) is 4.99 Å². The highest BCUT2D eigenvalue weighted by atomic mass is 127. The highest BCUT2D eigenvalue weighted by molar-refractivity contribution is 14.0. The lowest BCUT2D eigenvalue weighted by molar-refractivity contribution is 0.0172. The van der Waals surface area contributed by atoms with Crippen molar-refractivity contribution in [1.82, 2.24) is 25.3 Å². The molecule has 29 heavy (non-hydrogen) atoms. The van der Waals surface area contributed by atoms with Crippen LogP contribution in [0.3, 0.4) is 0 Å². The van der Waals surface area contributed by atoms with Gasteiger partial charge in [-0.3, -0.25) is 9.89 Å². The van der Waals surface area contributed by atoms with E-state index in [4.69, 9.17) is 0 Å². The molecular weight excluding hydrogens is 475 g/mol. The van der Waals surface area contributed by atoms with Crippen molar-refractivity contribution in [3.05, 3.63) is 0 Å². The van der Waals surface area contributed by atoms with Crippen molar-refractivity contribution in [2.45, 2.75) is 76.4 Å². The summed E-state index contributed by atoms with van der Waals surface area (Å²) in [5.74, 6) is 0.998. The summed E-state index contributed by atoms with van der Waals surface area (Å²) in [7, 11) is 4.18. The lowest BCUT2D eigenvalue weighted by Crippen LogP contribution is -2.62. The second-order valence-corrected chi connectivity index (χ2v) is 9.55. The van der Waals surface area contributed by atoms with Gasteiger partial charge in [-0.25, -0.2) is 0 Å². The van der Waals surface area contributed by atoms with E-state index in [1.807, 2.05) is 7.05 Å². The number of halogens is 1. The molecule has 0 spiro atoms. The second kappa shape index (κ2) is 12.1. The fourth-order valence-electron chi connectivity index (χ4n) is 5.20. The van der Waals surface area contributed by atoms with E-state index in [-0.39, 0.29) is 24.0 Å². The minimum Gasteiger partial charge on any atom is -0.355 e. The molecule has 7 heteroatoms. The predicted molar refractivity (Wildman–Crippen MR) is 135 cm³/mol. The molecule has 0 aromatic rings. The number of likely N-dealkylation sites (tertiary alicyclic amines) is 3. The summed E-state index contributed by atoms with van der Waals surface area (Å²) in [6.07, 6.45) is 9.07. The molecule has 6 nitrogen and oxygen atoms in total. The molecule has 3 saturated heterocycles. The molecule has 3 aliphatic heterocycles. The highest BCUT2D eigenvalue weighted by Gasteiger charge is 2.39. The minimum atomic E-state index is 0. The monoisotopic (exact) mass is 520 g/mol. The smallest absolute Gasteiger partial charge is 0.191 e. The Balaban J connectivity index is 0.00000300. The lowest BCUT2D eigenvalue weighted by atomic mass is 9.84. The summed E-state index contributed by atoms with van der Waals surface area (Å²) >= 11 is 0. The normalized spacial score (nSPS) is 25.6. The molecule has 3 fully saturated rings. The van der Waals surface area contributed by atoms with Crippen LogP contribution in [0.2, 0.25) is 0 Å². The first kappa shape index (κ1) is 25.1. The Morgan fingerprint density at radius 2 is 1.62 bits per heavy atom. The van der Waals surface area contributed by atoms with Crippen molar-refractivity contribution in [1.29, 1.82) is 0 Å². The Kier molecular flexibility index (Phi) is 10.5. The molecule has 2 N–H and O–H groups in total. The number of aliphatic imine (C=N–C) groups is 1. The number of rotatable bonds is 5. The van der Waals surface area contributed by atoms with E-state index in [0.717, 1.165) is 12.5 Å². The molecule has 3 aliphatic rings. The van der Waals surface area contributed by atoms with E-state index in [1.54, 1.807) is 0 Å². The Labute approximate surface area is 196 Å². The van der Waals surface area contributed by atoms with Crippen LogP contribution in [0.25, 0.3) is 0 Å². The average molecular weight is 521 g/mol. The Morgan fingerprint density at radius 1 is 1.00 bits per heavy atom. The number of nitrogens with zero attached hydrogens (tertiary/aromatic N) is 4. The van der Waals surface area contributed by atoms with Gasteiger partial charge in [-0.2, -0.15) is 0 Å².